The number of fused-ring (bicyclic) bond motifs is 2. The number of aromatic hydroxyl groups is 1. The second kappa shape index (κ2) is 9.95. The number of pyridine rings is 1. The van der Waals surface area contributed by atoms with Gasteiger partial charge >= 0.3 is 0 Å². The average Bonchev–Trinajstić information content (AvgIpc) is 3.16. The predicted molar refractivity (Wildman–Crippen MR) is 166 cm³/mol. The summed E-state index contributed by atoms with van der Waals surface area (Å²) in [6.07, 6.45) is 0. The summed E-state index contributed by atoms with van der Waals surface area (Å²) >= 11 is 3.38. The molecular formula is C33H30BBrN2O4. The molecule has 6 nitrogen and oxygen atoms in total. The number of para-hydroxylation sites is 1. The van der Waals surface area contributed by atoms with Gasteiger partial charge < -0.3 is 10.4 Å². The maximum Gasteiger partial charge on any atom is 0.255 e. The molecule has 1 atom stereocenters. The number of Topliss-reactive ketones (excluding diaryl/α,β-unsaturated/α-hetero) is 2. The van der Waals surface area contributed by atoms with E-state index in [1.165, 1.54) is 0 Å². The molecule has 2 N–H and O–H groups in total. The van der Waals surface area contributed by atoms with E-state index < -0.39 is 22.5 Å². The van der Waals surface area contributed by atoms with Crippen molar-refractivity contribution in [2.75, 3.05) is 5.32 Å². The van der Waals surface area contributed by atoms with Crippen molar-refractivity contribution in [1.29, 1.82) is 0 Å². The summed E-state index contributed by atoms with van der Waals surface area (Å²) in [4.78, 5) is 45.1. The second-order valence-corrected chi connectivity index (χ2v) is 13.4. The smallest absolute Gasteiger partial charge is 0.255 e. The number of nitrogens with zero attached hydrogens (tertiary/aromatic N) is 1. The second-order valence-electron chi connectivity index (χ2n) is 12.5. The standard InChI is InChI=1S/C33H30BBrN2O4/c1-32(2,3)18-14-17(15-19(28(18)38)33(4,5)6)31(41)37-23-9-7-8-16-10-13-22(36-27(16)23)26-29(39)24-20(34)11-12-21(35)25(24)30(26)40/h7-15,26,38H,1-6H3,(H,37,41). The number of rotatable bonds is 3. The highest BCUT2D eigenvalue weighted by Crippen LogP contribution is 2.40. The molecule has 0 saturated heterocycles. The highest BCUT2D eigenvalue weighted by atomic mass is 79.9. The molecule has 4 aromatic rings. The molecule has 1 unspecified atom stereocenters. The first-order chi connectivity index (χ1) is 19.1. The fraction of sp³-hybridized carbons (Fsp3) is 0.273. The van der Waals surface area contributed by atoms with Crippen molar-refractivity contribution in [3.63, 3.8) is 0 Å². The van der Waals surface area contributed by atoms with Crippen molar-refractivity contribution in [1.82, 2.24) is 4.98 Å². The van der Waals surface area contributed by atoms with E-state index in [-0.39, 0.29) is 39.7 Å². The SMILES string of the molecule is [B]c1ccc(Br)c2c1C(=O)C(c1ccc3cccc(NC(=O)c4cc(C(C)(C)C)c(O)c(C(C)(C)C)c4)c3n1)C2=O. The largest absolute Gasteiger partial charge is 0.507 e. The van der Waals surface area contributed by atoms with E-state index in [4.69, 9.17) is 12.8 Å². The topological polar surface area (TPSA) is 96.4 Å². The van der Waals surface area contributed by atoms with Crippen LogP contribution in [0.15, 0.2) is 59.1 Å². The van der Waals surface area contributed by atoms with Gasteiger partial charge in [0.25, 0.3) is 5.91 Å². The summed E-state index contributed by atoms with van der Waals surface area (Å²) in [6, 6.07) is 15.5. The van der Waals surface area contributed by atoms with Gasteiger partial charge in [0.05, 0.1) is 16.9 Å². The Bertz CT molecular complexity index is 1710. The van der Waals surface area contributed by atoms with Gasteiger partial charge in [-0.05, 0) is 41.2 Å². The number of anilines is 1. The first-order valence-electron chi connectivity index (χ1n) is 13.3. The van der Waals surface area contributed by atoms with Gasteiger partial charge in [0.15, 0.2) is 11.6 Å². The number of carbonyl (C=O) groups excluding carboxylic acids is 3. The van der Waals surface area contributed by atoms with E-state index in [0.717, 1.165) is 5.39 Å². The number of phenolic OH excluding ortho intramolecular Hbond substituents is 1. The van der Waals surface area contributed by atoms with Crippen molar-refractivity contribution in [2.24, 2.45) is 0 Å². The van der Waals surface area contributed by atoms with Crippen LogP contribution in [0.1, 0.15) is 95.4 Å². The molecule has 41 heavy (non-hydrogen) atoms. The van der Waals surface area contributed by atoms with Gasteiger partial charge in [0.1, 0.15) is 19.5 Å². The first-order valence-corrected chi connectivity index (χ1v) is 14.1. The molecule has 0 saturated carbocycles. The zero-order valence-electron chi connectivity index (χ0n) is 23.8. The van der Waals surface area contributed by atoms with Crippen molar-refractivity contribution < 1.29 is 19.5 Å². The van der Waals surface area contributed by atoms with E-state index >= 15 is 0 Å². The van der Waals surface area contributed by atoms with Gasteiger partial charge in [0.2, 0.25) is 0 Å². The molecule has 2 radical (unpaired) electrons. The van der Waals surface area contributed by atoms with Crippen LogP contribution in [0.2, 0.25) is 0 Å². The van der Waals surface area contributed by atoms with Gasteiger partial charge in [0, 0.05) is 37.7 Å². The van der Waals surface area contributed by atoms with Crippen LogP contribution in [0.3, 0.4) is 0 Å². The monoisotopic (exact) mass is 608 g/mol. The predicted octanol–water partition coefficient (Wildman–Crippen LogP) is 6.51. The number of amides is 1. The normalized spacial score (nSPS) is 15.3. The van der Waals surface area contributed by atoms with Crippen LogP contribution < -0.4 is 10.8 Å². The Morgan fingerprint density at radius 1 is 0.902 bits per heavy atom. The van der Waals surface area contributed by atoms with Gasteiger partial charge in [-0.15, -0.1) is 0 Å². The molecular weight excluding hydrogens is 579 g/mol. The van der Waals surface area contributed by atoms with Crippen molar-refractivity contribution in [2.45, 2.75) is 58.3 Å². The highest BCUT2D eigenvalue weighted by molar-refractivity contribution is 9.10. The number of carbonyl (C=O) groups is 3. The van der Waals surface area contributed by atoms with Crippen LogP contribution in [0.4, 0.5) is 5.69 Å². The third kappa shape index (κ3) is 4.99. The van der Waals surface area contributed by atoms with Gasteiger partial charge in [-0.3, -0.25) is 14.4 Å². The lowest BCUT2D eigenvalue weighted by Gasteiger charge is -2.28. The summed E-state index contributed by atoms with van der Waals surface area (Å²) in [5.74, 6) is -2.06. The van der Waals surface area contributed by atoms with Crippen LogP contribution in [0.5, 0.6) is 5.75 Å². The molecule has 3 aromatic carbocycles. The van der Waals surface area contributed by atoms with Crippen molar-refractivity contribution in [3.8, 4) is 5.75 Å². The van der Waals surface area contributed by atoms with Crippen molar-refractivity contribution >= 4 is 63.3 Å². The summed E-state index contributed by atoms with van der Waals surface area (Å²) in [5.41, 5.74) is 2.85. The van der Waals surface area contributed by atoms with E-state index in [2.05, 4.69) is 21.2 Å². The summed E-state index contributed by atoms with van der Waals surface area (Å²) < 4.78 is 0.509. The van der Waals surface area contributed by atoms with Crippen molar-refractivity contribution in [3.05, 3.63) is 92.6 Å². The zero-order chi connectivity index (χ0) is 30.0. The molecule has 1 aromatic heterocycles. The van der Waals surface area contributed by atoms with Gasteiger partial charge in [-0.2, -0.15) is 0 Å². The first kappa shape index (κ1) is 28.7. The lowest BCUT2D eigenvalue weighted by molar-refractivity contribution is 0.0887. The lowest BCUT2D eigenvalue weighted by atomic mass is 9.78. The number of phenols is 1. The molecule has 1 heterocycles. The Balaban J connectivity index is 1.56. The Morgan fingerprint density at radius 3 is 2.10 bits per heavy atom. The molecule has 0 spiro atoms. The minimum atomic E-state index is -1.13. The number of aromatic nitrogens is 1. The third-order valence-electron chi connectivity index (χ3n) is 7.48. The number of hydrogen-bond donors (Lipinski definition) is 2. The van der Waals surface area contributed by atoms with Crippen LogP contribution in [0.25, 0.3) is 10.9 Å². The van der Waals surface area contributed by atoms with E-state index in [0.29, 0.717) is 32.4 Å². The number of nitrogens with one attached hydrogen (secondary N) is 1. The third-order valence-corrected chi connectivity index (χ3v) is 8.14. The Kier molecular flexibility index (Phi) is 6.97. The molecule has 1 amide bonds. The fourth-order valence-electron chi connectivity index (χ4n) is 5.30. The lowest BCUT2D eigenvalue weighted by Crippen LogP contribution is -2.21. The van der Waals surface area contributed by atoms with Crippen LogP contribution in [0, 0.1) is 0 Å². The number of halogens is 1. The molecule has 0 aliphatic heterocycles. The van der Waals surface area contributed by atoms with Crippen LogP contribution >= 0.6 is 15.9 Å². The number of ketones is 2. The summed E-state index contributed by atoms with van der Waals surface area (Å²) in [7, 11) is 6.07. The molecule has 0 bridgehead atoms. The number of hydrogen-bond acceptors (Lipinski definition) is 5. The molecule has 5 rings (SSSR count). The van der Waals surface area contributed by atoms with E-state index in [1.807, 2.05) is 47.6 Å². The maximum atomic E-state index is 13.6. The maximum absolute atomic E-state index is 13.6. The minimum absolute atomic E-state index is 0.192. The van der Waals surface area contributed by atoms with Crippen LogP contribution in [-0.4, -0.2) is 35.4 Å². The number of benzene rings is 3. The average molecular weight is 609 g/mol. The minimum Gasteiger partial charge on any atom is -0.507 e. The molecule has 8 heteroatoms. The molecule has 1 aliphatic rings. The zero-order valence-corrected chi connectivity index (χ0v) is 25.4. The Labute approximate surface area is 249 Å². The van der Waals surface area contributed by atoms with E-state index in [9.17, 15) is 19.5 Å². The van der Waals surface area contributed by atoms with Gasteiger partial charge in [-0.1, -0.05) is 87.2 Å². The Morgan fingerprint density at radius 2 is 1.51 bits per heavy atom. The van der Waals surface area contributed by atoms with E-state index in [1.54, 1.807) is 48.5 Å². The Hall–Kier alpha value is -3.78. The van der Waals surface area contributed by atoms with Gasteiger partial charge in [-0.25, -0.2) is 4.98 Å². The fourth-order valence-corrected chi connectivity index (χ4v) is 5.83. The highest BCUT2D eigenvalue weighted by Gasteiger charge is 2.42. The molecule has 1 aliphatic carbocycles. The molecule has 0 fully saturated rings. The molecule has 206 valence electrons. The van der Waals surface area contributed by atoms with Crippen LogP contribution in [-0.2, 0) is 10.8 Å². The summed E-state index contributed by atoms with van der Waals surface area (Å²) in [5, 5.41) is 14.8. The summed E-state index contributed by atoms with van der Waals surface area (Å²) in [6.45, 7) is 11.9. The quantitative estimate of drug-likeness (QED) is 0.204.